The summed E-state index contributed by atoms with van der Waals surface area (Å²) < 4.78 is 5.38. The summed E-state index contributed by atoms with van der Waals surface area (Å²) in [5.41, 5.74) is 2.23. The molecule has 0 aromatic carbocycles. The first-order valence-electron chi connectivity index (χ1n) is 7.81. The summed E-state index contributed by atoms with van der Waals surface area (Å²) >= 11 is 0. The van der Waals surface area contributed by atoms with E-state index in [1.54, 1.807) is 0 Å². The Morgan fingerprint density at radius 3 is 2.76 bits per heavy atom. The molecule has 3 rings (SSSR count). The van der Waals surface area contributed by atoms with E-state index >= 15 is 0 Å². The summed E-state index contributed by atoms with van der Waals surface area (Å²) in [4.78, 5) is 20.2. The fourth-order valence-corrected chi connectivity index (χ4v) is 3.29. The summed E-state index contributed by atoms with van der Waals surface area (Å²) in [5.74, 6) is 1.02. The number of rotatable bonds is 3. The zero-order valence-electron chi connectivity index (χ0n) is 12.6. The lowest BCUT2D eigenvalue weighted by atomic mass is 9.95. The van der Waals surface area contributed by atoms with Crippen molar-refractivity contribution in [2.45, 2.75) is 32.2 Å². The van der Waals surface area contributed by atoms with Crippen molar-refractivity contribution in [2.24, 2.45) is 0 Å². The van der Waals surface area contributed by atoms with Crippen LogP contribution in [-0.4, -0.2) is 49.1 Å². The van der Waals surface area contributed by atoms with Crippen LogP contribution in [0.3, 0.4) is 0 Å². The number of aryl methyl sites for hydroxylation is 1. The van der Waals surface area contributed by atoms with Crippen LogP contribution in [0.25, 0.3) is 0 Å². The van der Waals surface area contributed by atoms with Crippen molar-refractivity contribution in [1.29, 1.82) is 0 Å². The Kier molecular flexibility index (Phi) is 4.39. The van der Waals surface area contributed by atoms with E-state index in [0.29, 0.717) is 0 Å². The molecule has 1 amide bonds. The number of amides is 1. The second-order valence-electron chi connectivity index (χ2n) is 5.80. The summed E-state index contributed by atoms with van der Waals surface area (Å²) in [6, 6.07) is 4.44. The third-order valence-corrected chi connectivity index (χ3v) is 4.49. The highest BCUT2D eigenvalue weighted by atomic mass is 16.5. The summed E-state index contributed by atoms with van der Waals surface area (Å²) in [6.07, 6.45) is 4.31. The molecule has 2 saturated heterocycles. The molecule has 1 aromatic heterocycles. The topological polar surface area (TPSA) is 45.7 Å². The number of piperidine rings is 1. The standard InChI is InChI=1S/C16H23N3O2/c1-13-14(15-4-2-3-7-19(15)12-20)5-6-16(17-13)18-8-10-21-11-9-18/h5-6,12,15H,2-4,7-11H2,1H3. The molecule has 0 aliphatic carbocycles. The van der Waals surface area contributed by atoms with E-state index in [1.807, 2.05) is 4.90 Å². The van der Waals surface area contributed by atoms with Crippen molar-refractivity contribution in [3.05, 3.63) is 23.4 Å². The van der Waals surface area contributed by atoms with Crippen molar-refractivity contribution in [3.8, 4) is 0 Å². The van der Waals surface area contributed by atoms with Gasteiger partial charge in [-0.05, 0) is 37.8 Å². The number of nitrogens with zero attached hydrogens (tertiary/aromatic N) is 3. The van der Waals surface area contributed by atoms with Crippen LogP contribution < -0.4 is 4.90 Å². The van der Waals surface area contributed by atoms with Crippen LogP contribution in [0.2, 0.25) is 0 Å². The number of likely N-dealkylation sites (tertiary alicyclic amines) is 1. The second-order valence-corrected chi connectivity index (χ2v) is 5.80. The highest BCUT2D eigenvalue weighted by molar-refractivity contribution is 5.50. The number of morpholine rings is 1. The molecule has 5 nitrogen and oxygen atoms in total. The number of aromatic nitrogens is 1. The van der Waals surface area contributed by atoms with Crippen LogP contribution in [0.15, 0.2) is 12.1 Å². The first-order valence-corrected chi connectivity index (χ1v) is 7.81. The average molecular weight is 289 g/mol. The fraction of sp³-hybridized carbons (Fsp3) is 0.625. The molecule has 0 bridgehead atoms. The molecule has 5 heteroatoms. The van der Waals surface area contributed by atoms with Crippen LogP contribution in [0.4, 0.5) is 5.82 Å². The average Bonchev–Trinajstić information content (AvgIpc) is 2.55. The van der Waals surface area contributed by atoms with E-state index < -0.39 is 0 Å². The Morgan fingerprint density at radius 1 is 1.24 bits per heavy atom. The van der Waals surface area contributed by atoms with Crippen LogP contribution in [0.5, 0.6) is 0 Å². The maximum Gasteiger partial charge on any atom is 0.210 e. The zero-order valence-corrected chi connectivity index (χ0v) is 12.6. The monoisotopic (exact) mass is 289 g/mol. The number of anilines is 1. The minimum Gasteiger partial charge on any atom is -0.378 e. The van der Waals surface area contributed by atoms with Crippen molar-refractivity contribution in [3.63, 3.8) is 0 Å². The predicted octanol–water partition coefficient (Wildman–Crippen LogP) is 1.91. The lowest BCUT2D eigenvalue weighted by Crippen LogP contribution is -2.37. The van der Waals surface area contributed by atoms with Gasteiger partial charge in [0.15, 0.2) is 0 Å². The number of pyridine rings is 1. The molecule has 1 atom stereocenters. The Bertz CT molecular complexity index is 500. The minimum atomic E-state index is 0.197. The number of ether oxygens (including phenoxy) is 1. The van der Waals surface area contributed by atoms with E-state index in [1.165, 1.54) is 12.0 Å². The first-order chi connectivity index (χ1) is 10.3. The van der Waals surface area contributed by atoms with Gasteiger partial charge in [-0.1, -0.05) is 6.07 Å². The maximum atomic E-state index is 11.3. The van der Waals surface area contributed by atoms with E-state index in [2.05, 4.69) is 24.0 Å². The number of carbonyl (C=O) groups excluding carboxylic acids is 1. The Balaban J connectivity index is 1.81. The fourth-order valence-electron chi connectivity index (χ4n) is 3.29. The normalized spacial score (nSPS) is 23.2. The van der Waals surface area contributed by atoms with Gasteiger partial charge in [0.05, 0.1) is 19.3 Å². The van der Waals surface area contributed by atoms with Gasteiger partial charge in [-0.2, -0.15) is 0 Å². The first kappa shape index (κ1) is 14.3. The maximum absolute atomic E-state index is 11.3. The largest absolute Gasteiger partial charge is 0.378 e. The van der Waals surface area contributed by atoms with E-state index in [4.69, 9.17) is 9.72 Å². The van der Waals surface area contributed by atoms with Crippen LogP contribution in [0, 0.1) is 6.92 Å². The molecule has 0 saturated carbocycles. The van der Waals surface area contributed by atoms with Crippen LogP contribution >= 0.6 is 0 Å². The SMILES string of the molecule is Cc1nc(N2CCOCC2)ccc1C1CCCCN1C=O. The molecule has 1 aromatic rings. The summed E-state index contributed by atoms with van der Waals surface area (Å²) in [6.45, 7) is 6.25. The van der Waals surface area contributed by atoms with Crippen LogP contribution in [0.1, 0.15) is 36.6 Å². The van der Waals surface area contributed by atoms with Crippen molar-refractivity contribution >= 4 is 12.2 Å². The highest BCUT2D eigenvalue weighted by Crippen LogP contribution is 2.32. The lowest BCUT2D eigenvalue weighted by Gasteiger charge is -2.34. The van der Waals surface area contributed by atoms with E-state index in [9.17, 15) is 4.79 Å². The molecule has 2 fully saturated rings. The van der Waals surface area contributed by atoms with Gasteiger partial charge in [0.1, 0.15) is 5.82 Å². The van der Waals surface area contributed by atoms with Crippen molar-refractivity contribution < 1.29 is 9.53 Å². The van der Waals surface area contributed by atoms with E-state index in [-0.39, 0.29) is 6.04 Å². The Morgan fingerprint density at radius 2 is 2.05 bits per heavy atom. The molecule has 0 radical (unpaired) electrons. The summed E-state index contributed by atoms with van der Waals surface area (Å²) in [7, 11) is 0. The highest BCUT2D eigenvalue weighted by Gasteiger charge is 2.25. The van der Waals surface area contributed by atoms with Crippen molar-refractivity contribution in [1.82, 2.24) is 9.88 Å². The Labute approximate surface area is 125 Å². The molecule has 2 aliphatic rings. The predicted molar refractivity (Wildman–Crippen MR) is 81.4 cm³/mol. The van der Waals surface area contributed by atoms with Gasteiger partial charge in [0.2, 0.25) is 6.41 Å². The molecule has 0 spiro atoms. The number of hydrogen-bond donors (Lipinski definition) is 0. The quantitative estimate of drug-likeness (QED) is 0.797. The molecular weight excluding hydrogens is 266 g/mol. The van der Waals surface area contributed by atoms with Crippen molar-refractivity contribution in [2.75, 3.05) is 37.7 Å². The third kappa shape index (κ3) is 3.02. The molecule has 1 unspecified atom stereocenters. The third-order valence-electron chi connectivity index (χ3n) is 4.49. The molecule has 2 aliphatic heterocycles. The van der Waals surface area contributed by atoms with Gasteiger partial charge < -0.3 is 14.5 Å². The van der Waals surface area contributed by atoms with Gasteiger partial charge in [-0.3, -0.25) is 4.79 Å². The molecule has 0 N–H and O–H groups in total. The smallest absolute Gasteiger partial charge is 0.210 e. The van der Waals surface area contributed by atoms with Gasteiger partial charge in [0, 0.05) is 25.3 Å². The molecule has 21 heavy (non-hydrogen) atoms. The van der Waals surface area contributed by atoms with E-state index in [0.717, 1.165) is 63.6 Å². The number of carbonyl (C=O) groups is 1. The molecule has 3 heterocycles. The van der Waals surface area contributed by atoms with Gasteiger partial charge in [0.25, 0.3) is 0 Å². The Hall–Kier alpha value is -1.62. The van der Waals surface area contributed by atoms with Gasteiger partial charge in [-0.25, -0.2) is 4.98 Å². The molecular formula is C16H23N3O2. The van der Waals surface area contributed by atoms with Gasteiger partial charge in [-0.15, -0.1) is 0 Å². The lowest BCUT2D eigenvalue weighted by molar-refractivity contribution is -0.121. The second kappa shape index (κ2) is 6.43. The van der Waals surface area contributed by atoms with Crippen LogP contribution in [-0.2, 0) is 9.53 Å². The molecule has 114 valence electrons. The zero-order chi connectivity index (χ0) is 14.7. The summed E-state index contributed by atoms with van der Waals surface area (Å²) in [5, 5.41) is 0. The number of hydrogen-bond acceptors (Lipinski definition) is 4. The minimum absolute atomic E-state index is 0.197. The van der Waals surface area contributed by atoms with Gasteiger partial charge >= 0.3 is 0 Å².